The van der Waals surface area contributed by atoms with E-state index in [1.54, 1.807) is 6.21 Å². The topological polar surface area (TPSA) is 107 Å². The third-order valence-corrected chi connectivity index (χ3v) is 6.15. The van der Waals surface area contributed by atoms with Gasteiger partial charge in [-0.15, -0.1) is 0 Å². The normalized spacial score (nSPS) is 14.7. The fraction of sp³-hybridized carbons (Fsp3) is 0.308. The highest BCUT2D eigenvalue weighted by molar-refractivity contribution is 6.10. The minimum Gasteiger partial charge on any atom is -0.494 e. The van der Waals surface area contributed by atoms with Gasteiger partial charge in [-0.1, -0.05) is 31.4 Å². The quantitative estimate of drug-likeness (QED) is 0.415. The van der Waals surface area contributed by atoms with E-state index >= 15 is 0 Å². The number of nitrogen functional groups attached to an aromatic ring is 1. The number of para-hydroxylation sites is 2. The SMILES string of the molecule is CCOc1ccc(/C=N/n2c(N)c(C(=O)NC3CCCCC3)c3nc4ccccc4nc32)cc1. The van der Waals surface area contributed by atoms with Crippen LogP contribution in [0.3, 0.4) is 0 Å². The van der Waals surface area contributed by atoms with Gasteiger partial charge in [0.25, 0.3) is 5.91 Å². The van der Waals surface area contributed by atoms with Gasteiger partial charge < -0.3 is 15.8 Å². The van der Waals surface area contributed by atoms with Crippen molar-refractivity contribution in [1.29, 1.82) is 0 Å². The molecular formula is C26H28N6O2. The molecule has 5 rings (SSSR count). The van der Waals surface area contributed by atoms with E-state index in [9.17, 15) is 4.79 Å². The summed E-state index contributed by atoms with van der Waals surface area (Å²) in [4.78, 5) is 22.8. The minimum atomic E-state index is -0.228. The number of ether oxygens (including phenoxy) is 1. The van der Waals surface area contributed by atoms with Crippen molar-refractivity contribution in [3.63, 3.8) is 0 Å². The highest BCUT2D eigenvalue weighted by Crippen LogP contribution is 2.28. The number of nitrogens with zero attached hydrogens (tertiary/aromatic N) is 4. The van der Waals surface area contributed by atoms with Gasteiger partial charge in [-0.2, -0.15) is 9.78 Å². The molecule has 0 unspecified atom stereocenters. The molecule has 0 aliphatic heterocycles. The molecule has 2 heterocycles. The highest BCUT2D eigenvalue weighted by atomic mass is 16.5. The Kier molecular flexibility index (Phi) is 6.12. The molecule has 0 saturated heterocycles. The first kappa shape index (κ1) is 21.9. The van der Waals surface area contributed by atoms with Gasteiger partial charge in [0.1, 0.15) is 22.6 Å². The minimum absolute atomic E-state index is 0.153. The van der Waals surface area contributed by atoms with E-state index in [1.807, 2.05) is 55.5 Å². The molecule has 2 aromatic carbocycles. The van der Waals surface area contributed by atoms with Gasteiger partial charge in [0.2, 0.25) is 0 Å². The third kappa shape index (κ3) is 4.31. The molecule has 2 aromatic heterocycles. The number of aromatic nitrogens is 3. The van der Waals surface area contributed by atoms with Crippen LogP contribution in [0.5, 0.6) is 5.75 Å². The van der Waals surface area contributed by atoms with Crippen LogP contribution in [0.25, 0.3) is 22.2 Å². The average Bonchev–Trinajstić information content (AvgIpc) is 3.13. The molecule has 1 saturated carbocycles. The number of carbonyl (C=O) groups excluding carboxylic acids is 1. The number of hydrogen-bond acceptors (Lipinski definition) is 6. The first-order valence-corrected chi connectivity index (χ1v) is 11.8. The van der Waals surface area contributed by atoms with E-state index in [4.69, 9.17) is 20.4 Å². The summed E-state index contributed by atoms with van der Waals surface area (Å²) in [7, 11) is 0. The van der Waals surface area contributed by atoms with Crippen LogP contribution in [0, 0.1) is 0 Å². The van der Waals surface area contributed by atoms with Crippen LogP contribution >= 0.6 is 0 Å². The number of benzene rings is 2. The molecule has 0 atom stereocenters. The molecule has 0 bridgehead atoms. The Morgan fingerprint density at radius 3 is 2.53 bits per heavy atom. The highest BCUT2D eigenvalue weighted by Gasteiger charge is 2.26. The van der Waals surface area contributed by atoms with E-state index in [0.717, 1.165) is 37.0 Å². The summed E-state index contributed by atoms with van der Waals surface area (Å²) in [5, 5.41) is 7.74. The van der Waals surface area contributed by atoms with E-state index in [2.05, 4.69) is 10.4 Å². The Labute approximate surface area is 197 Å². The Bertz CT molecular complexity index is 1350. The molecule has 8 heteroatoms. The van der Waals surface area contributed by atoms with Gasteiger partial charge in [0.15, 0.2) is 5.65 Å². The maximum absolute atomic E-state index is 13.3. The number of nitrogens with two attached hydrogens (primary N) is 1. The molecule has 1 amide bonds. The standard InChI is InChI=1S/C26H28N6O2/c1-2-34-19-14-12-17(13-15-19)16-28-32-24(27)22(26(33)29-18-8-4-3-5-9-18)23-25(32)31-21-11-7-6-10-20(21)30-23/h6-7,10-16,18H,2-5,8-9,27H2,1H3,(H,29,33)/b28-16+. The van der Waals surface area contributed by atoms with Gasteiger partial charge in [-0.25, -0.2) is 9.97 Å². The molecule has 8 nitrogen and oxygen atoms in total. The molecule has 4 aromatic rings. The van der Waals surface area contributed by atoms with Gasteiger partial charge in [-0.3, -0.25) is 4.79 Å². The van der Waals surface area contributed by atoms with Gasteiger partial charge in [0.05, 0.1) is 23.9 Å². The zero-order valence-electron chi connectivity index (χ0n) is 19.2. The maximum atomic E-state index is 13.3. The van der Waals surface area contributed by atoms with E-state index in [0.29, 0.717) is 34.4 Å². The van der Waals surface area contributed by atoms with Crippen molar-refractivity contribution in [2.75, 3.05) is 12.3 Å². The summed E-state index contributed by atoms with van der Waals surface area (Å²) < 4.78 is 7.00. The molecule has 34 heavy (non-hydrogen) atoms. The first-order chi connectivity index (χ1) is 16.6. The molecule has 3 N–H and O–H groups in total. The summed E-state index contributed by atoms with van der Waals surface area (Å²) in [5.41, 5.74) is 10.0. The number of carbonyl (C=O) groups is 1. The largest absolute Gasteiger partial charge is 0.494 e. The number of anilines is 1. The van der Waals surface area contributed by atoms with Crippen molar-refractivity contribution in [1.82, 2.24) is 20.0 Å². The molecule has 1 fully saturated rings. The number of nitrogens with one attached hydrogen (secondary N) is 1. The summed E-state index contributed by atoms with van der Waals surface area (Å²) in [6.07, 6.45) is 7.11. The van der Waals surface area contributed by atoms with Crippen molar-refractivity contribution in [3.05, 3.63) is 59.7 Å². The Hall–Kier alpha value is -3.94. The second kappa shape index (κ2) is 9.51. The van der Waals surface area contributed by atoms with Crippen molar-refractivity contribution < 1.29 is 9.53 Å². The van der Waals surface area contributed by atoms with E-state index < -0.39 is 0 Å². The molecule has 1 aliphatic carbocycles. The molecule has 174 valence electrons. The van der Waals surface area contributed by atoms with Crippen LogP contribution in [0.4, 0.5) is 5.82 Å². The zero-order valence-corrected chi connectivity index (χ0v) is 19.2. The van der Waals surface area contributed by atoms with Gasteiger partial charge >= 0.3 is 0 Å². The summed E-state index contributed by atoms with van der Waals surface area (Å²) in [6, 6.07) is 15.3. The lowest BCUT2D eigenvalue weighted by molar-refractivity contribution is 0.0930. The summed E-state index contributed by atoms with van der Waals surface area (Å²) >= 11 is 0. The fourth-order valence-corrected chi connectivity index (χ4v) is 4.43. The second-order valence-electron chi connectivity index (χ2n) is 8.51. The number of fused-ring (bicyclic) bond motifs is 2. The molecule has 0 spiro atoms. The Morgan fingerprint density at radius 1 is 1.12 bits per heavy atom. The summed E-state index contributed by atoms with van der Waals surface area (Å²) in [5.74, 6) is 0.791. The van der Waals surface area contributed by atoms with Crippen LogP contribution in [0.2, 0.25) is 0 Å². The van der Waals surface area contributed by atoms with Crippen LogP contribution in [0.1, 0.15) is 54.9 Å². The molecule has 1 aliphatic rings. The van der Waals surface area contributed by atoms with Crippen molar-refractivity contribution in [3.8, 4) is 5.75 Å². The monoisotopic (exact) mass is 456 g/mol. The van der Waals surface area contributed by atoms with Crippen LogP contribution < -0.4 is 15.8 Å². The lowest BCUT2D eigenvalue weighted by Gasteiger charge is -2.22. The second-order valence-corrected chi connectivity index (χ2v) is 8.51. The smallest absolute Gasteiger partial charge is 0.257 e. The third-order valence-electron chi connectivity index (χ3n) is 6.15. The van der Waals surface area contributed by atoms with E-state index in [-0.39, 0.29) is 17.8 Å². The lowest BCUT2D eigenvalue weighted by atomic mass is 9.95. The zero-order chi connectivity index (χ0) is 23.5. The molecular weight excluding hydrogens is 428 g/mol. The predicted octanol–water partition coefficient (Wildman–Crippen LogP) is 4.51. The van der Waals surface area contributed by atoms with Crippen LogP contribution in [-0.4, -0.2) is 39.4 Å². The maximum Gasteiger partial charge on any atom is 0.257 e. The Morgan fingerprint density at radius 2 is 1.82 bits per heavy atom. The number of hydrogen-bond donors (Lipinski definition) is 2. The predicted molar refractivity (Wildman–Crippen MR) is 134 cm³/mol. The van der Waals surface area contributed by atoms with Crippen molar-refractivity contribution in [2.45, 2.75) is 45.1 Å². The van der Waals surface area contributed by atoms with Gasteiger partial charge in [-0.05, 0) is 61.7 Å². The lowest BCUT2D eigenvalue weighted by Crippen LogP contribution is -2.36. The van der Waals surface area contributed by atoms with Crippen LogP contribution in [0.15, 0.2) is 53.6 Å². The number of amides is 1. The average molecular weight is 457 g/mol. The van der Waals surface area contributed by atoms with Crippen molar-refractivity contribution >= 4 is 40.1 Å². The van der Waals surface area contributed by atoms with Crippen LogP contribution in [-0.2, 0) is 0 Å². The van der Waals surface area contributed by atoms with Crippen molar-refractivity contribution in [2.24, 2.45) is 5.10 Å². The first-order valence-electron chi connectivity index (χ1n) is 11.8. The fourth-order valence-electron chi connectivity index (χ4n) is 4.43. The van der Waals surface area contributed by atoms with Gasteiger partial charge in [0, 0.05) is 6.04 Å². The summed E-state index contributed by atoms with van der Waals surface area (Å²) in [6.45, 7) is 2.56. The molecule has 0 radical (unpaired) electrons. The Balaban J connectivity index is 1.56. The van der Waals surface area contributed by atoms with E-state index in [1.165, 1.54) is 11.1 Å². The number of rotatable bonds is 6.